The molecule has 1 atom stereocenters. The number of nitrogen functional groups attached to an aromatic ring is 1. The second kappa shape index (κ2) is 5.46. The van der Waals surface area contributed by atoms with Gasteiger partial charge in [-0.15, -0.1) is 11.3 Å². The highest BCUT2D eigenvalue weighted by Gasteiger charge is 2.22. The van der Waals surface area contributed by atoms with Crippen molar-refractivity contribution in [3.05, 3.63) is 11.1 Å². The molecule has 0 bridgehead atoms. The maximum absolute atomic E-state index is 11.9. The van der Waals surface area contributed by atoms with Gasteiger partial charge in [-0.05, 0) is 25.7 Å². The molecule has 1 aliphatic rings. The van der Waals surface area contributed by atoms with E-state index >= 15 is 0 Å². The smallest absolute Gasteiger partial charge is 0.271 e. The molecule has 94 valence electrons. The van der Waals surface area contributed by atoms with Gasteiger partial charge in [-0.2, -0.15) is 0 Å². The van der Waals surface area contributed by atoms with Crippen LogP contribution >= 0.6 is 11.3 Å². The van der Waals surface area contributed by atoms with E-state index in [-0.39, 0.29) is 11.9 Å². The van der Waals surface area contributed by atoms with E-state index < -0.39 is 0 Å². The first-order chi connectivity index (χ1) is 8.16. The Morgan fingerprint density at radius 1 is 1.65 bits per heavy atom. The number of anilines is 1. The van der Waals surface area contributed by atoms with Crippen molar-refractivity contribution in [3.8, 4) is 0 Å². The van der Waals surface area contributed by atoms with Crippen LogP contribution < -0.4 is 11.1 Å². The highest BCUT2D eigenvalue weighted by atomic mass is 32.1. The number of nitrogens with zero attached hydrogens (tertiary/aromatic N) is 1. The van der Waals surface area contributed by atoms with Gasteiger partial charge in [0.25, 0.3) is 5.91 Å². The van der Waals surface area contributed by atoms with Gasteiger partial charge in [-0.25, -0.2) is 4.98 Å². The fourth-order valence-corrected chi connectivity index (χ4v) is 2.55. The molecule has 1 fully saturated rings. The molecule has 17 heavy (non-hydrogen) atoms. The van der Waals surface area contributed by atoms with Crippen LogP contribution in [0.3, 0.4) is 0 Å². The number of aromatic nitrogens is 1. The van der Waals surface area contributed by atoms with E-state index in [4.69, 9.17) is 10.5 Å². The molecule has 1 saturated heterocycles. The number of carbonyl (C=O) groups excluding carboxylic acids is 1. The van der Waals surface area contributed by atoms with E-state index in [2.05, 4.69) is 10.3 Å². The van der Waals surface area contributed by atoms with Crippen molar-refractivity contribution in [2.75, 3.05) is 18.9 Å². The standard InChI is InChI=1S/C11H17N3O2S/c1-7(8-2-4-16-5-3-8)13-10(15)9-6-17-11(12)14-9/h6-8H,2-5H2,1H3,(H2,12,14)(H,13,15). The molecule has 6 heteroatoms. The summed E-state index contributed by atoms with van der Waals surface area (Å²) in [7, 11) is 0. The van der Waals surface area contributed by atoms with Gasteiger partial charge in [0.1, 0.15) is 5.69 Å². The lowest BCUT2D eigenvalue weighted by atomic mass is 9.93. The first-order valence-corrected chi connectivity index (χ1v) is 6.64. The fourth-order valence-electron chi connectivity index (χ4n) is 2.01. The normalized spacial score (nSPS) is 18.9. The lowest BCUT2D eigenvalue weighted by molar-refractivity contribution is 0.0537. The third-order valence-corrected chi connectivity index (χ3v) is 3.76. The summed E-state index contributed by atoms with van der Waals surface area (Å²) in [5, 5.41) is 5.08. The molecule has 1 aliphatic heterocycles. The number of ether oxygens (including phenoxy) is 1. The first kappa shape index (κ1) is 12.3. The van der Waals surface area contributed by atoms with Gasteiger partial charge in [-0.3, -0.25) is 4.79 Å². The van der Waals surface area contributed by atoms with Gasteiger partial charge in [0, 0.05) is 24.6 Å². The van der Waals surface area contributed by atoms with Gasteiger partial charge in [0.2, 0.25) is 0 Å². The number of rotatable bonds is 3. The Hall–Kier alpha value is -1.14. The second-order valence-electron chi connectivity index (χ2n) is 4.28. The molecule has 0 saturated carbocycles. The summed E-state index contributed by atoms with van der Waals surface area (Å²) in [5.74, 6) is 0.348. The Morgan fingerprint density at radius 3 is 2.94 bits per heavy atom. The van der Waals surface area contributed by atoms with Crippen molar-refractivity contribution >= 4 is 22.4 Å². The minimum Gasteiger partial charge on any atom is -0.381 e. The molecule has 1 amide bonds. The summed E-state index contributed by atoms with van der Waals surface area (Å²) in [6.07, 6.45) is 2.00. The lowest BCUT2D eigenvalue weighted by Crippen LogP contribution is -2.40. The molecule has 2 heterocycles. The van der Waals surface area contributed by atoms with Gasteiger partial charge in [0.05, 0.1) is 0 Å². The van der Waals surface area contributed by atoms with E-state index in [1.807, 2.05) is 6.92 Å². The van der Waals surface area contributed by atoms with Crippen molar-refractivity contribution in [2.45, 2.75) is 25.8 Å². The highest BCUT2D eigenvalue weighted by Crippen LogP contribution is 2.19. The van der Waals surface area contributed by atoms with Crippen LogP contribution in [0, 0.1) is 5.92 Å². The molecular weight excluding hydrogens is 238 g/mol. The molecular formula is C11H17N3O2S. The topological polar surface area (TPSA) is 77.2 Å². The Labute approximate surface area is 104 Å². The van der Waals surface area contributed by atoms with E-state index in [1.165, 1.54) is 11.3 Å². The van der Waals surface area contributed by atoms with Crippen molar-refractivity contribution < 1.29 is 9.53 Å². The molecule has 1 aromatic rings. The zero-order valence-corrected chi connectivity index (χ0v) is 10.6. The molecule has 3 N–H and O–H groups in total. The van der Waals surface area contributed by atoms with Crippen LogP contribution in [0.1, 0.15) is 30.3 Å². The number of carbonyl (C=O) groups is 1. The molecule has 0 aliphatic carbocycles. The number of amides is 1. The maximum atomic E-state index is 11.9. The Morgan fingerprint density at radius 2 is 2.35 bits per heavy atom. The van der Waals surface area contributed by atoms with Crippen molar-refractivity contribution in [2.24, 2.45) is 5.92 Å². The molecule has 5 nitrogen and oxygen atoms in total. The summed E-state index contributed by atoms with van der Waals surface area (Å²) in [4.78, 5) is 15.8. The summed E-state index contributed by atoms with van der Waals surface area (Å²) >= 11 is 1.28. The summed E-state index contributed by atoms with van der Waals surface area (Å²) in [6, 6.07) is 0.148. The number of thiazole rings is 1. The quantitative estimate of drug-likeness (QED) is 0.852. The molecule has 2 rings (SSSR count). The Kier molecular flexibility index (Phi) is 3.96. The van der Waals surface area contributed by atoms with E-state index in [0.29, 0.717) is 16.7 Å². The number of nitrogens with two attached hydrogens (primary N) is 1. The third kappa shape index (κ3) is 3.17. The zero-order valence-electron chi connectivity index (χ0n) is 9.81. The summed E-state index contributed by atoms with van der Waals surface area (Å²) < 4.78 is 5.30. The van der Waals surface area contributed by atoms with Crippen LogP contribution in [0.2, 0.25) is 0 Å². The van der Waals surface area contributed by atoms with Crippen molar-refractivity contribution in [3.63, 3.8) is 0 Å². The van der Waals surface area contributed by atoms with Crippen molar-refractivity contribution in [1.29, 1.82) is 0 Å². The van der Waals surface area contributed by atoms with Crippen molar-refractivity contribution in [1.82, 2.24) is 10.3 Å². The van der Waals surface area contributed by atoms with Crippen LogP contribution in [-0.2, 0) is 4.74 Å². The molecule has 0 aromatic carbocycles. The average Bonchev–Trinajstić information content (AvgIpc) is 2.77. The number of hydrogen-bond acceptors (Lipinski definition) is 5. The van der Waals surface area contributed by atoms with Crippen LogP contribution in [0.5, 0.6) is 0 Å². The number of nitrogens with one attached hydrogen (secondary N) is 1. The number of hydrogen-bond donors (Lipinski definition) is 2. The molecule has 0 spiro atoms. The van der Waals surface area contributed by atoms with Gasteiger partial charge in [-0.1, -0.05) is 0 Å². The van der Waals surface area contributed by atoms with Crippen LogP contribution in [0.15, 0.2) is 5.38 Å². The van der Waals surface area contributed by atoms with E-state index in [1.54, 1.807) is 5.38 Å². The Bertz CT molecular complexity index is 388. The SMILES string of the molecule is CC(NC(=O)c1csc(N)n1)C1CCOCC1. The zero-order chi connectivity index (χ0) is 12.3. The minimum atomic E-state index is -0.142. The van der Waals surface area contributed by atoms with Gasteiger partial charge in [0.15, 0.2) is 5.13 Å². The molecule has 1 aromatic heterocycles. The van der Waals surface area contributed by atoms with E-state index in [9.17, 15) is 4.79 Å². The van der Waals surface area contributed by atoms with Crippen LogP contribution in [0.25, 0.3) is 0 Å². The fraction of sp³-hybridized carbons (Fsp3) is 0.636. The Balaban J connectivity index is 1.89. The van der Waals surface area contributed by atoms with Crippen LogP contribution in [0.4, 0.5) is 5.13 Å². The molecule has 1 unspecified atom stereocenters. The maximum Gasteiger partial charge on any atom is 0.271 e. The first-order valence-electron chi connectivity index (χ1n) is 5.76. The second-order valence-corrected chi connectivity index (χ2v) is 5.17. The predicted molar refractivity (Wildman–Crippen MR) is 67.0 cm³/mol. The third-order valence-electron chi connectivity index (χ3n) is 3.09. The van der Waals surface area contributed by atoms with E-state index in [0.717, 1.165) is 26.1 Å². The summed E-state index contributed by atoms with van der Waals surface area (Å²) in [6.45, 7) is 3.60. The monoisotopic (exact) mass is 255 g/mol. The van der Waals surface area contributed by atoms with Crippen LogP contribution in [-0.4, -0.2) is 30.1 Å². The van der Waals surface area contributed by atoms with Gasteiger partial charge >= 0.3 is 0 Å². The minimum absolute atomic E-state index is 0.142. The largest absolute Gasteiger partial charge is 0.381 e. The highest BCUT2D eigenvalue weighted by molar-refractivity contribution is 7.13. The lowest BCUT2D eigenvalue weighted by Gasteiger charge is -2.28. The summed E-state index contributed by atoms with van der Waals surface area (Å²) in [5.41, 5.74) is 5.91. The predicted octanol–water partition coefficient (Wildman–Crippen LogP) is 1.27. The van der Waals surface area contributed by atoms with Gasteiger partial charge < -0.3 is 15.8 Å². The average molecular weight is 255 g/mol. The molecule has 0 radical (unpaired) electrons.